The van der Waals surface area contributed by atoms with Crippen LogP contribution in [0.5, 0.6) is 5.75 Å². The smallest absolute Gasteiger partial charge is 0.331 e. The second-order valence-corrected chi connectivity index (χ2v) is 10.3. The van der Waals surface area contributed by atoms with E-state index in [0.717, 1.165) is 17.0 Å². The van der Waals surface area contributed by atoms with Gasteiger partial charge in [0.1, 0.15) is 5.75 Å². The number of unbranched alkanes of at least 4 members (excludes halogenated alkanes) is 4. The number of hydrogen-bond donors (Lipinski definition) is 0. The lowest BCUT2D eigenvalue weighted by Crippen LogP contribution is -2.29. The van der Waals surface area contributed by atoms with Crippen molar-refractivity contribution < 1.29 is 9.53 Å². The normalized spacial score (nSPS) is 19.7. The third-order valence-electron chi connectivity index (χ3n) is 7.75. The van der Waals surface area contributed by atoms with Crippen molar-refractivity contribution in [2.75, 3.05) is 0 Å². The van der Waals surface area contributed by atoms with Crippen molar-refractivity contribution in [3.8, 4) is 22.9 Å². The first-order valence-corrected chi connectivity index (χ1v) is 13.3. The van der Waals surface area contributed by atoms with Crippen LogP contribution in [0.15, 0.2) is 48.5 Å². The zero-order chi connectivity index (χ0) is 24.4. The lowest BCUT2D eigenvalue weighted by atomic mass is 9.77. The SMILES string of the molecule is CCCCCCCC1CCC(c2ccc(-c3ccc(OC(=O)C(C)(C#N)CC)cc3)cc2)CC1. The predicted octanol–water partition coefficient (Wildman–Crippen LogP) is 8.83. The molecule has 0 saturated heterocycles. The molecule has 1 aliphatic rings. The van der Waals surface area contributed by atoms with Gasteiger partial charge in [-0.15, -0.1) is 0 Å². The minimum atomic E-state index is -1.11. The van der Waals surface area contributed by atoms with E-state index >= 15 is 0 Å². The maximum absolute atomic E-state index is 12.3. The molecule has 182 valence electrons. The lowest BCUT2D eigenvalue weighted by Gasteiger charge is -2.29. The zero-order valence-electron chi connectivity index (χ0n) is 21.3. The number of rotatable bonds is 11. The highest BCUT2D eigenvalue weighted by Crippen LogP contribution is 2.38. The molecule has 0 amide bonds. The number of carbonyl (C=O) groups is 1. The van der Waals surface area contributed by atoms with E-state index in [-0.39, 0.29) is 0 Å². The molecule has 1 aliphatic carbocycles. The van der Waals surface area contributed by atoms with Crippen LogP contribution in [0.25, 0.3) is 11.1 Å². The van der Waals surface area contributed by atoms with Crippen molar-refractivity contribution in [3.63, 3.8) is 0 Å². The fraction of sp³-hybridized carbons (Fsp3) is 0.548. The molecule has 1 saturated carbocycles. The molecule has 0 aliphatic heterocycles. The maximum atomic E-state index is 12.3. The van der Waals surface area contributed by atoms with Gasteiger partial charge in [-0.05, 0) is 79.7 Å². The Morgan fingerprint density at radius 3 is 2.06 bits per heavy atom. The van der Waals surface area contributed by atoms with Crippen LogP contribution >= 0.6 is 0 Å². The maximum Gasteiger partial charge on any atom is 0.331 e. The summed E-state index contributed by atoms with van der Waals surface area (Å²) in [6, 6.07) is 18.6. The molecule has 34 heavy (non-hydrogen) atoms. The van der Waals surface area contributed by atoms with Crippen molar-refractivity contribution >= 4 is 5.97 Å². The van der Waals surface area contributed by atoms with Crippen LogP contribution in [0.3, 0.4) is 0 Å². The molecule has 0 N–H and O–H groups in total. The molecule has 0 radical (unpaired) electrons. The predicted molar refractivity (Wildman–Crippen MR) is 140 cm³/mol. The van der Waals surface area contributed by atoms with Crippen molar-refractivity contribution in [1.29, 1.82) is 5.26 Å². The van der Waals surface area contributed by atoms with Crippen molar-refractivity contribution in [3.05, 3.63) is 54.1 Å². The van der Waals surface area contributed by atoms with E-state index in [9.17, 15) is 10.1 Å². The summed E-state index contributed by atoms with van der Waals surface area (Å²) in [7, 11) is 0. The first kappa shape index (κ1) is 26.0. The summed E-state index contributed by atoms with van der Waals surface area (Å²) < 4.78 is 5.44. The highest BCUT2D eigenvalue weighted by molar-refractivity contribution is 5.81. The van der Waals surface area contributed by atoms with E-state index in [2.05, 4.69) is 37.3 Å². The van der Waals surface area contributed by atoms with Gasteiger partial charge in [0.2, 0.25) is 0 Å². The highest BCUT2D eigenvalue weighted by Gasteiger charge is 2.33. The third-order valence-corrected chi connectivity index (χ3v) is 7.75. The Morgan fingerprint density at radius 1 is 0.912 bits per heavy atom. The van der Waals surface area contributed by atoms with Crippen molar-refractivity contribution in [1.82, 2.24) is 0 Å². The van der Waals surface area contributed by atoms with Crippen molar-refractivity contribution in [2.45, 2.75) is 97.3 Å². The topological polar surface area (TPSA) is 50.1 Å². The molecule has 3 nitrogen and oxygen atoms in total. The first-order valence-electron chi connectivity index (χ1n) is 13.3. The molecule has 0 bridgehead atoms. The van der Waals surface area contributed by atoms with Gasteiger partial charge in [0.05, 0.1) is 6.07 Å². The summed E-state index contributed by atoms with van der Waals surface area (Å²) in [6.07, 6.45) is 14.2. The van der Waals surface area contributed by atoms with E-state index < -0.39 is 11.4 Å². The fourth-order valence-electron chi connectivity index (χ4n) is 4.97. The van der Waals surface area contributed by atoms with Gasteiger partial charge in [0.15, 0.2) is 5.41 Å². The Hall–Kier alpha value is -2.60. The quantitative estimate of drug-likeness (QED) is 0.191. The summed E-state index contributed by atoms with van der Waals surface area (Å²) in [5.41, 5.74) is 2.61. The number of hydrogen-bond acceptors (Lipinski definition) is 3. The molecule has 3 rings (SSSR count). The molecule has 3 heteroatoms. The number of carbonyl (C=O) groups excluding carboxylic acids is 1. The lowest BCUT2D eigenvalue weighted by molar-refractivity contribution is -0.141. The number of nitriles is 1. The molecule has 0 heterocycles. The van der Waals surface area contributed by atoms with Gasteiger partial charge in [0.25, 0.3) is 0 Å². The van der Waals surface area contributed by atoms with Crippen LogP contribution in [0, 0.1) is 22.7 Å². The highest BCUT2D eigenvalue weighted by atomic mass is 16.5. The van der Waals surface area contributed by atoms with Crippen LogP contribution in [0.2, 0.25) is 0 Å². The number of nitrogens with zero attached hydrogens (tertiary/aromatic N) is 1. The molecule has 1 fully saturated rings. The molecule has 2 aromatic carbocycles. The van der Waals surface area contributed by atoms with Gasteiger partial charge in [-0.2, -0.15) is 5.26 Å². The fourth-order valence-corrected chi connectivity index (χ4v) is 4.97. The van der Waals surface area contributed by atoms with Crippen LogP contribution in [0.1, 0.15) is 103 Å². The minimum Gasteiger partial charge on any atom is -0.425 e. The summed E-state index contributed by atoms with van der Waals surface area (Å²) >= 11 is 0. The molecular weight excluding hydrogens is 418 g/mol. The van der Waals surface area contributed by atoms with Gasteiger partial charge in [-0.25, -0.2) is 4.79 Å². The molecule has 1 unspecified atom stereocenters. The molecule has 1 atom stereocenters. The van der Waals surface area contributed by atoms with Crippen molar-refractivity contribution in [2.24, 2.45) is 11.3 Å². The molecule has 0 aromatic heterocycles. The Morgan fingerprint density at radius 2 is 1.50 bits per heavy atom. The number of ether oxygens (including phenoxy) is 1. The van der Waals surface area contributed by atoms with Gasteiger partial charge >= 0.3 is 5.97 Å². The second kappa shape index (κ2) is 12.7. The Balaban J connectivity index is 1.50. The summed E-state index contributed by atoms with van der Waals surface area (Å²) in [6.45, 7) is 5.72. The van der Waals surface area contributed by atoms with Gasteiger partial charge < -0.3 is 4.74 Å². The summed E-state index contributed by atoms with van der Waals surface area (Å²) in [5, 5.41) is 9.27. The van der Waals surface area contributed by atoms with Crippen LogP contribution in [-0.4, -0.2) is 5.97 Å². The van der Waals surface area contributed by atoms with Gasteiger partial charge in [-0.1, -0.05) is 88.8 Å². The van der Waals surface area contributed by atoms with Crippen LogP contribution < -0.4 is 4.74 Å². The summed E-state index contributed by atoms with van der Waals surface area (Å²) in [5.74, 6) is 1.61. The number of esters is 1. The first-order chi connectivity index (χ1) is 16.5. The Labute approximate surface area is 206 Å². The number of benzene rings is 2. The minimum absolute atomic E-state index is 0.424. The Kier molecular flexibility index (Phi) is 9.75. The van der Waals surface area contributed by atoms with Crippen LogP contribution in [-0.2, 0) is 4.79 Å². The zero-order valence-corrected chi connectivity index (χ0v) is 21.3. The van der Waals surface area contributed by atoms with Gasteiger partial charge in [0, 0.05) is 0 Å². The monoisotopic (exact) mass is 459 g/mol. The largest absolute Gasteiger partial charge is 0.425 e. The molecule has 2 aromatic rings. The molecular formula is C31H41NO2. The van der Waals surface area contributed by atoms with E-state index in [1.54, 1.807) is 19.1 Å². The average molecular weight is 460 g/mol. The van der Waals surface area contributed by atoms with E-state index in [1.807, 2.05) is 19.1 Å². The van der Waals surface area contributed by atoms with E-state index in [4.69, 9.17) is 4.74 Å². The molecule has 0 spiro atoms. The third kappa shape index (κ3) is 6.95. The average Bonchev–Trinajstić information content (AvgIpc) is 2.89. The second-order valence-electron chi connectivity index (χ2n) is 10.3. The standard InChI is InChI=1S/C31H41NO2/c1-4-6-7-8-9-10-24-11-13-25(14-12-24)26-15-17-27(18-16-26)28-19-21-29(22-20-28)34-30(33)31(3,5-2)23-32/h15-22,24-25H,4-14H2,1-3H3. The van der Waals surface area contributed by atoms with Crippen LogP contribution in [0.4, 0.5) is 0 Å². The van der Waals surface area contributed by atoms with Gasteiger partial charge in [-0.3, -0.25) is 0 Å². The van der Waals surface area contributed by atoms with E-state index in [1.165, 1.54) is 69.8 Å². The van der Waals surface area contributed by atoms with E-state index in [0.29, 0.717) is 18.1 Å². The summed E-state index contributed by atoms with van der Waals surface area (Å²) in [4.78, 5) is 12.3. The Bertz CT molecular complexity index is 933.